The van der Waals surface area contributed by atoms with E-state index in [0.29, 0.717) is 0 Å². The number of hydrogen-bond donors (Lipinski definition) is 0. The Kier molecular flexibility index (Phi) is 7.52. The molecule has 0 spiro atoms. The van der Waals surface area contributed by atoms with Crippen molar-refractivity contribution in [3.05, 3.63) is 269 Å². The van der Waals surface area contributed by atoms with Gasteiger partial charge < -0.3 is 9.32 Å². The number of anilines is 3. The first-order chi connectivity index (χ1) is 33.4. The smallest absolute Gasteiger partial charge is 0.159 e. The van der Waals surface area contributed by atoms with Crippen LogP contribution in [-0.4, -0.2) is 0 Å². The van der Waals surface area contributed by atoms with Gasteiger partial charge in [0.25, 0.3) is 0 Å². The third-order valence-corrected chi connectivity index (χ3v) is 16.6. The Morgan fingerprint density at radius 3 is 1.41 bits per heavy atom. The second-order valence-electron chi connectivity index (χ2n) is 20.0. The molecule has 0 saturated heterocycles. The Bertz CT molecular complexity index is 3790. The standard InChI is InChI=1S/C66H45NO/c1-64-40-65(2)56-28-13-10-22-48(56)51-36-33-45(39-59(51)65)67(44-32-35-50(58(64)38-44)47-21-9-12-27-55(47)64)61-30-16-26-54-53-25-15-24-46(62(53)68-63(54)61)41-31-34-52-49-23-11-14-29-57(49)66(60(52)37-41,42-17-5-3-6-18-42)43-19-7-4-8-20-43/h3-39H,40H2,1-2H3. The zero-order valence-electron chi connectivity index (χ0n) is 37.9. The minimum absolute atomic E-state index is 0.222. The van der Waals surface area contributed by atoms with Crippen LogP contribution in [0.2, 0.25) is 0 Å². The highest BCUT2D eigenvalue weighted by molar-refractivity contribution is 6.14. The molecule has 4 bridgehead atoms. The van der Waals surface area contributed by atoms with E-state index >= 15 is 0 Å². The van der Waals surface area contributed by atoms with Crippen LogP contribution in [0.1, 0.15) is 64.8 Å². The summed E-state index contributed by atoms with van der Waals surface area (Å²) in [6.45, 7) is 4.98. The maximum absolute atomic E-state index is 7.41. The van der Waals surface area contributed by atoms with Gasteiger partial charge in [0.1, 0.15) is 5.58 Å². The molecule has 10 aromatic carbocycles. The summed E-state index contributed by atoms with van der Waals surface area (Å²) in [6.07, 6.45) is 0.968. The highest BCUT2D eigenvalue weighted by Crippen LogP contribution is 2.62. The Morgan fingerprint density at radius 2 is 0.809 bits per heavy atom. The van der Waals surface area contributed by atoms with Gasteiger partial charge in [-0.3, -0.25) is 0 Å². The van der Waals surface area contributed by atoms with E-state index in [1.807, 2.05) is 0 Å². The summed E-state index contributed by atoms with van der Waals surface area (Å²) in [4.78, 5) is 2.46. The Hall–Kier alpha value is -8.20. The first-order valence-corrected chi connectivity index (χ1v) is 24.0. The van der Waals surface area contributed by atoms with Crippen LogP contribution in [0.3, 0.4) is 0 Å². The molecule has 11 aromatic rings. The summed E-state index contributed by atoms with van der Waals surface area (Å²) in [5.41, 5.74) is 24.9. The molecule has 0 radical (unpaired) electrons. The third-order valence-electron chi connectivity index (χ3n) is 16.6. The Morgan fingerprint density at radius 1 is 0.353 bits per heavy atom. The maximum Gasteiger partial charge on any atom is 0.159 e. The van der Waals surface area contributed by atoms with E-state index in [0.717, 1.165) is 56.5 Å². The van der Waals surface area contributed by atoms with Gasteiger partial charge in [0.2, 0.25) is 0 Å². The second kappa shape index (κ2) is 13.5. The van der Waals surface area contributed by atoms with E-state index in [1.165, 1.54) is 77.9 Å². The predicted molar refractivity (Wildman–Crippen MR) is 280 cm³/mol. The van der Waals surface area contributed by atoms with Crippen molar-refractivity contribution in [1.29, 1.82) is 0 Å². The number of para-hydroxylation sites is 2. The van der Waals surface area contributed by atoms with Crippen LogP contribution >= 0.6 is 0 Å². The van der Waals surface area contributed by atoms with E-state index < -0.39 is 5.41 Å². The van der Waals surface area contributed by atoms with Crippen molar-refractivity contribution in [2.45, 2.75) is 36.5 Å². The molecule has 2 nitrogen and oxygen atoms in total. The molecule has 3 aliphatic carbocycles. The van der Waals surface area contributed by atoms with Gasteiger partial charge in [-0.05, 0) is 126 Å². The summed E-state index contributed by atoms with van der Waals surface area (Å²) in [7, 11) is 0. The summed E-state index contributed by atoms with van der Waals surface area (Å²) < 4.78 is 7.41. The molecule has 2 heterocycles. The number of benzene rings is 10. The molecule has 320 valence electrons. The minimum Gasteiger partial charge on any atom is -0.453 e. The molecule has 15 rings (SSSR count). The van der Waals surface area contributed by atoms with Crippen molar-refractivity contribution in [3.8, 4) is 44.5 Å². The van der Waals surface area contributed by atoms with E-state index in [-0.39, 0.29) is 10.8 Å². The summed E-state index contributed by atoms with van der Waals surface area (Å²) in [5, 5.41) is 2.21. The monoisotopic (exact) mass is 867 g/mol. The maximum atomic E-state index is 7.41. The van der Waals surface area contributed by atoms with Crippen LogP contribution in [0.5, 0.6) is 0 Å². The molecule has 0 saturated carbocycles. The molecule has 0 fully saturated rings. The van der Waals surface area contributed by atoms with Crippen LogP contribution in [0.25, 0.3) is 66.4 Å². The number of nitrogens with zero attached hydrogens (tertiary/aromatic N) is 1. The summed E-state index contributed by atoms with van der Waals surface area (Å²) in [6, 6.07) is 84.1. The van der Waals surface area contributed by atoms with Crippen LogP contribution in [0.15, 0.2) is 229 Å². The van der Waals surface area contributed by atoms with E-state index in [1.54, 1.807) is 0 Å². The molecule has 2 unspecified atom stereocenters. The van der Waals surface area contributed by atoms with Crippen molar-refractivity contribution < 1.29 is 4.42 Å². The molecule has 2 heteroatoms. The lowest BCUT2D eigenvalue weighted by molar-refractivity contribution is 0.406. The fourth-order valence-corrected chi connectivity index (χ4v) is 13.7. The van der Waals surface area contributed by atoms with E-state index in [4.69, 9.17) is 4.42 Å². The normalized spacial score (nSPS) is 18.6. The van der Waals surface area contributed by atoms with Gasteiger partial charge in [-0.25, -0.2) is 0 Å². The SMILES string of the molecule is CC12CC3(C)c4ccccc4-c4ccc(cc43)N(c3cccc4c3oc3c(-c5ccc6c(c5)C(c5ccccc5)(c5ccccc5)c5ccccc5-6)cccc34)c3ccc(c1c3)-c1ccccc12. The first-order valence-electron chi connectivity index (χ1n) is 24.0. The van der Waals surface area contributed by atoms with Gasteiger partial charge in [0, 0.05) is 38.5 Å². The van der Waals surface area contributed by atoms with Crippen LogP contribution in [0.4, 0.5) is 17.1 Å². The van der Waals surface area contributed by atoms with Crippen LogP contribution in [0, 0.1) is 0 Å². The number of rotatable bonds is 4. The second-order valence-corrected chi connectivity index (χ2v) is 20.0. The number of furan rings is 1. The quantitative estimate of drug-likeness (QED) is 0.175. The average Bonchev–Trinajstić information content (AvgIpc) is 4.07. The van der Waals surface area contributed by atoms with E-state index in [2.05, 4.69) is 243 Å². The first kappa shape index (κ1) is 38.0. The largest absolute Gasteiger partial charge is 0.453 e. The molecular formula is C66H45NO. The molecule has 2 atom stereocenters. The number of hydrogen-bond acceptors (Lipinski definition) is 2. The Labute approximate surface area is 396 Å². The molecule has 1 aromatic heterocycles. The lowest BCUT2D eigenvalue weighted by Crippen LogP contribution is -2.34. The van der Waals surface area contributed by atoms with Crippen LogP contribution < -0.4 is 4.90 Å². The van der Waals surface area contributed by atoms with Gasteiger partial charge >= 0.3 is 0 Å². The van der Waals surface area contributed by atoms with Crippen molar-refractivity contribution in [3.63, 3.8) is 0 Å². The fraction of sp³-hybridized carbons (Fsp3) is 0.0909. The van der Waals surface area contributed by atoms with Crippen molar-refractivity contribution >= 4 is 39.0 Å². The predicted octanol–water partition coefficient (Wildman–Crippen LogP) is 17.1. The summed E-state index contributed by atoms with van der Waals surface area (Å²) >= 11 is 0. The highest BCUT2D eigenvalue weighted by atomic mass is 16.3. The van der Waals surface area contributed by atoms with Crippen molar-refractivity contribution in [2.24, 2.45) is 0 Å². The van der Waals surface area contributed by atoms with Gasteiger partial charge in [-0.15, -0.1) is 0 Å². The summed E-state index contributed by atoms with van der Waals surface area (Å²) in [5.74, 6) is 0. The van der Waals surface area contributed by atoms with Gasteiger partial charge in [-0.1, -0.05) is 202 Å². The molecule has 4 aliphatic rings. The van der Waals surface area contributed by atoms with E-state index in [9.17, 15) is 0 Å². The lowest BCUT2D eigenvalue weighted by Gasteiger charge is -2.40. The number of fused-ring (bicyclic) bond motifs is 14. The fourth-order valence-electron chi connectivity index (χ4n) is 13.7. The minimum atomic E-state index is -0.497. The molecule has 1 aliphatic heterocycles. The topological polar surface area (TPSA) is 16.4 Å². The Balaban J connectivity index is 0.959. The zero-order chi connectivity index (χ0) is 44.9. The highest BCUT2D eigenvalue weighted by Gasteiger charge is 2.50. The molecular weight excluding hydrogens is 823 g/mol. The van der Waals surface area contributed by atoms with Gasteiger partial charge in [-0.2, -0.15) is 0 Å². The third kappa shape index (κ3) is 4.77. The van der Waals surface area contributed by atoms with Crippen molar-refractivity contribution in [2.75, 3.05) is 4.90 Å². The molecule has 0 amide bonds. The van der Waals surface area contributed by atoms with Gasteiger partial charge in [0.05, 0.1) is 11.1 Å². The molecule has 0 N–H and O–H groups in total. The average molecular weight is 868 g/mol. The lowest BCUT2D eigenvalue weighted by atomic mass is 9.64. The van der Waals surface area contributed by atoms with Crippen molar-refractivity contribution in [1.82, 2.24) is 0 Å². The zero-order valence-corrected chi connectivity index (χ0v) is 37.9. The van der Waals surface area contributed by atoms with Crippen LogP contribution in [-0.2, 0) is 16.2 Å². The molecule has 68 heavy (non-hydrogen) atoms. The van der Waals surface area contributed by atoms with Gasteiger partial charge in [0.15, 0.2) is 5.58 Å².